The van der Waals surface area contributed by atoms with Gasteiger partial charge in [-0.2, -0.15) is 0 Å². The highest BCUT2D eigenvalue weighted by atomic mass is 16.3. The zero-order valence-corrected chi connectivity index (χ0v) is 18.8. The molecular formula is C25H35N3O2. The second kappa shape index (κ2) is 9.59. The maximum atomic E-state index is 11.0. The van der Waals surface area contributed by atoms with Gasteiger partial charge in [0.2, 0.25) is 0 Å². The molecule has 0 atom stereocenters. The van der Waals surface area contributed by atoms with Crippen LogP contribution in [0.3, 0.4) is 0 Å². The summed E-state index contributed by atoms with van der Waals surface area (Å²) in [6.07, 6.45) is 7.21. The molecule has 1 fully saturated rings. The standard InChI is InChI=1S/C25H35N3O2/c1-18-24(30)22(17-29)27-23(26-18)8-6-5-7-19-13-15-28(16-14-19)21-11-9-20(10-12-21)25(2,3)4/h9-12,17,19,30H,5-8,13-16H2,1-4H3. The molecule has 0 amide bonds. The molecule has 0 bridgehead atoms. The van der Waals surface area contributed by atoms with E-state index in [9.17, 15) is 9.90 Å². The van der Waals surface area contributed by atoms with Crippen LogP contribution in [0.4, 0.5) is 5.69 Å². The van der Waals surface area contributed by atoms with Crippen molar-refractivity contribution in [3.63, 3.8) is 0 Å². The number of nitrogens with zero attached hydrogens (tertiary/aromatic N) is 3. The van der Waals surface area contributed by atoms with Gasteiger partial charge in [0.25, 0.3) is 0 Å². The van der Waals surface area contributed by atoms with Crippen molar-refractivity contribution in [2.24, 2.45) is 5.92 Å². The maximum absolute atomic E-state index is 11.0. The first-order chi connectivity index (χ1) is 14.3. The number of aryl methyl sites for hydroxylation is 2. The van der Waals surface area contributed by atoms with Crippen molar-refractivity contribution in [3.8, 4) is 5.75 Å². The minimum absolute atomic E-state index is 0.0976. The molecule has 3 rings (SSSR count). The van der Waals surface area contributed by atoms with E-state index in [1.165, 1.54) is 30.5 Å². The van der Waals surface area contributed by atoms with Crippen molar-refractivity contribution in [1.29, 1.82) is 0 Å². The van der Waals surface area contributed by atoms with Gasteiger partial charge < -0.3 is 10.0 Å². The van der Waals surface area contributed by atoms with Crippen LogP contribution in [0, 0.1) is 12.8 Å². The molecule has 5 nitrogen and oxygen atoms in total. The van der Waals surface area contributed by atoms with E-state index >= 15 is 0 Å². The number of aromatic hydroxyl groups is 1. The topological polar surface area (TPSA) is 66.3 Å². The third-order valence-corrected chi connectivity index (χ3v) is 6.22. The summed E-state index contributed by atoms with van der Waals surface area (Å²) in [5, 5.41) is 9.76. The summed E-state index contributed by atoms with van der Waals surface area (Å²) in [4.78, 5) is 22.0. The van der Waals surface area contributed by atoms with Crippen LogP contribution >= 0.6 is 0 Å². The molecule has 2 heterocycles. The van der Waals surface area contributed by atoms with Crippen molar-refractivity contribution in [1.82, 2.24) is 9.97 Å². The molecule has 1 saturated heterocycles. The van der Waals surface area contributed by atoms with Gasteiger partial charge in [-0.25, -0.2) is 9.97 Å². The van der Waals surface area contributed by atoms with Crippen LogP contribution in [-0.4, -0.2) is 34.5 Å². The Morgan fingerprint density at radius 2 is 1.77 bits per heavy atom. The molecule has 1 N–H and O–H groups in total. The van der Waals surface area contributed by atoms with Crippen molar-refractivity contribution < 1.29 is 9.90 Å². The second-order valence-corrected chi connectivity index (χ2v) is 9.55. The van der Waals surface area contributed by atoms with Crippen LogP contribution < -0.4 is 4.90 Å². The van der Waals surface area contributed by atoms with Gasteiger partial charge in [-0.05, 0) is 55.2 Å². The van der Waals surface area contributed by atoms with Crippen LogP contribution in [0.1, 0.15) is 80.4 Å². The maximum Gasteiger partial charge on any atom is 0.172 e. The van der Waals surface area contributed by atoms with Gasteiger partial charge in [-0.1, -0.05) is 45.7 Å². The zero-order valence-electron chi connectivity index (χ0n) is 18.8. The number of aldehydes is 1. The van der Waals surface area contributed by atoms with Crippen molar-refractivity contribution in [3.05, 3.63) is 47.0 Å². The number of benzene rings is 1. The van der Waals surface area contributed by atoms with E-state index in [1.54, 1.807) is 6.92 Å². The number of carbonyl (C=O) groups is 1. The Morgan fingerprint density at radius 3 is 2.37 bits per heavy atom. The van der Waals surface area contributed by atoms with Crippen LogP contribution in [0.5, 0.6) is 5.75 Å². The summed E-state index contributed by atoms with van der Waals surface area (Å²) >= 11 is 0. The van der Waals surface area contributed by atoms with E-state index in [0.717, 1.165) is 38.3 Å². The smallest absolute Gasteiger partial charge is 0.172 e. The summed E-state index contributed by atoms with van der Waals surface area (Å²) in [7, 11) is 0. The highest BCUT2D eigenvalue weighted by Crippen LogP contribution is 2.29. The molecule has 0 saturated carbocycles. The molecule has 0 radical (unpaired) electrons. The Balaban J connectivity index is 1.41. The molecule has 1 aromatic heterocycles. The lowest BCUT2D eigenvalue weighted by Crippen LogP contribution is -2.33. The van der Waals surface area contributed by atoms with Crippen molar-refractivity contribution in [2.45, 2.75) is 71.6 Å². The van der Waals surface area contributed by atoms with Gasteiger partial charge in [-0.15, -0.1) is 0 Å². The molecule has 2 aromatic rings. The minimum Gasteiger partial charge on any atom is -0.504 e. The number of hydrogen-bond donors (Lipinski definition) is 1. The first-order valence-corrected chi connectivity index (χ1v) is 11.1. The average Bonchev–Trinajstić information content (AvgIpc) is 2.73. The van der Waals surface area contributed by atoms with E-state index < -0.39 is 0 Å². The Bertz CT molecular complexity index is 848. The fourth-order valence-corrected chi connectivity index (χ4v) is 4.21. The first-order valence-electron chi connectivity index (χ1n) is 11.1. The number of anilines is 1. The lowest BCUT2D eigenvalue weighted by molar-refractivity contribution is 0.111. The number of piperidine rings is 1. The largest absolute Gasteiger partial charge is 0.504 e. The second-order valence-electron chi connectivity index (χ2n) is 9.55. The Kier molecular flexibility index (Phi) is 7.11. The number of hydrogen-bond acceptors (Lipinski definition) is 5. The van der Waals surface area contributed by atoms with Gasteiger partial charge in [0.1, 0.15) is 11.5 Å². The Labute approximate surface area is 180 Å². The highest BCUT2D eigenvalue weighted by molar-refractivity contribution is 5.76. The molecular weight excluding hydrogens is 374 g/mol. The summed E-state index contributed by atoms with van der Waals surface area (Å²) in [6.45, 7) is 10.7. The molecule has 1 aliphatic rings. The fraction of sp³-hybridized carbons (Fsp3) is 0.560. The summed E-state index contributed by atoms with van der Waals surface area (Å²) < 4.78 is 0. The quantitative estimate of drug-likeness (QED) is 0.501. The number of unbranched alkanes of at least 4 members (excludes halogenated alkanes) is 1. The molecule has 0 aliphatic carbocycles. The zero-order chi connectivity index (χ0) is 21.7. The van der Waals surface area contributed by atoms with Crippen LogP contribution in [0.25, 0.3) is 0 Å². The molecule has 1 aliphatic heterocycles. The Hall–Kier alpha value is -2.43. The van der Waals surface area contributed by atoms with Gasteiger partial charge in [0.05, 0.1) is 5.69 Å². The van der Waals surface area contributed by atoms with E-state index in [1.807, 2.05) is 0 Å². The van der Waals surface area contributed by atoms with Gasteiger partial charge in [-0.3, -0.25) is 4.79 Å². The van der Waals surface area contributed by atoms with Crippen molar-refractivity contribution in [2.75, 3.05) is 18.0 Å². The van der Waals surface area contributed by atoms with E-state index in [4.69, 9.17) is 0 Å². The van der Waals surface area contributed by atoms with Gasteiger partial charge >= 0.3 is 0 Å². The predicted molar refractivity (Wildman–Crippen MR) is 121 cm³/mol. The lowest BCUT2D eigenvalue weighted by Gasteiger charge is -2.34. The fourth-order valence-electron chi connectivity index (χ4n) is 4.21. The summed E-state index contributed by atoms with van der Waals surface area (Å²) in [6, 6.07) is 9.08. The SMILES string of the molecule is Cc1nc(CCCCC2CCN(c3ccc(C(C)(C)C)cc3)CC2)nc(C=O)c1O. The third kappa shape index (κ3) is 5.59. The summed E-state index contributed by atoms with van der Waals surface area (Å²) in [5.41, 5.74) is 3.50. The van der Waals surface area contributed by atoms with Gasteiger partial charge in [0, 0.05) is 25.2 Å². The highest BCUT2D eigenvalue weighted by Gasteiger charge is 2.20. The lowest BCUT2D eigenvalue weighted by atomic mass is 9.87. The minimum atomic E-state index is -0.103. The number of carbonyl (C=O) groups excluding carboxylic acids is 1. The molecule has 0 spiro atoms. The molecule has 5 heteroatoms. The molecule has 1 aromatic carbocycles. The third-order valence-electron chi connectivity index (χ3n) is 6.22. The molecule has 162 valence electrons. The van der Waals surface area contributed by atoms with E-state index in [0.29, 0.717) is 17.8 Å². The summed E-state index contributed by atoms with van der Waals surface area (Å²) in [5.74, 6) is 1.33. The first kappa shape index (κ1) is 22.3. The normalized spacial score (nSPS) is 15.4. The van der Waals surface area contributed by atoms with Crippen molar-refractivity contribution >= 4 is 12.0 Å². The van der Waals surface area contributed by atoms with Crippen LogP contribution in [0.2, 0.25) is 0 Å². The van der Waals surface area contributed by atoms with Crippen LogP contribution in [-0.2, 0) is 11.8 Å². The van der Waals surface area contributed by atoms with E-state index in [-0.39, 0.29) is 16.9 Å². The predicted octanol–water partition coefficient (Wildman–Crippen LogP) is 5.23. The van der Waals surface area contributed by atoms with E-state index in [2.05, 4.69) is 59.9 Å². The monoisotopic (exact) mass is 409 g/mol. The molecule has 0 unspecified atom stereocenters. The number of aromatic nitrogens is 2. The average molecular weight is 410 g/mol. The Morgan fingerprint density at radius 1 is 1.10 bits per heavy atom. The number of rotatable bonds is 7. The van der Waals surface area contributed by atoms with Gasteiger partial charge in [0.15, 0.2) is 12.0 Å². The van der Waals surface area contributed by atoms with Crippen LogP contribution in [0.15, 0.2) is 24.3 Å². The molecule has 30 heavy (non-hydrogen) atoms.